The normalized spacial score (nSPS) is 18.2. The maximum Gasteiger partial charge on any atom is 0.408 e. The van der Waals surface area contributed by atoms with Crippen molar-refractivity contribution in [2.45, 2.75) is 92.0 Å². The first-order valence-corrected chi connectivity index (χ1v) is 14.0. The fourth-order valence-corrected chi connectivity index (χ4v) is 4.93. The van der Waals surface area contributed by atoms with Crippen LogP contribution in [-0.4, -0.2) is 40.5 Å². The summed E-state index contributed by atoms with van der Waals surface area (Å²) in [6.07, 6.45) is 0.517. The van der Waals surface area contributed by atoms with Crippen LogP contribution in [-0.2, 0) is 14.3 Å². The Balaban J connectivity index is 2.04. The van der Waals surface area contributed by atoms with Crippen LogP contribution in [0.3, 0.4) is 0 Å². The van der Waals surface area contributed by atoms with E-state index in [9.17, 15) is 14.4 Å². The van der Waals surface area contributed by atoms with Gasteiger partial charge in [0.05, 0.1) is 10.7 Å². The predicted octanol–water partition coefficient (Wildman–Crippen LogP) is 6.81. The van der Waals surface area contributed by atoms with E-state index in [2.05, 4.69) is 17.6 Å². The molecule has 0 radical (unpaired) electrons. The number of para-hydroxylation sites is 1. The van der Waals surface area contributed by atoms with E-state index >= 15 is 0 Å². The van der Waals surface area contributed by atoms with Crippen LogP contribution in [0.1, 0.15) is 77.1 Å². The Morgan fingerprint density at radius 2 is 1.69 bits per heavy atom. The Morgan fingerprint density at radius 3 is 2.21 bits per heavy atom. The van der Waals surface area contributed by atoms with Crippen molar-refractivity contribution in [3.8, 4) is 0 Å². The summed E-state index contributed by atoms with van der Waals surface area (Å²) in [7, 11) is 0. The summed E-state index contributed by atoms with van der Waals surface area (Å²) in [6.45, 7) is 15.2. The number of aryl methyl sites for hydroxylation is 2. The number of rotatable bonds is 9. The van der Waals surface area contributed by atoms with Crippen molar-refractivity contribution < 1.29 is 19.1 Å². The highest BCUT2D eigenvalue weighted by Crippen LogP contribution is 2.41. The van der Waals surface area contributed by atoms with Crippen LogP contribution in [0.15, 0.2) is 42.5 Å². The van der Waals surface area contributed by atoms with Crippen LogP contribution >= 0.6 is 11.6 Å². The topological polar surface area (TPSA) is 87.7 Å². The van der Waals surface area contributed by atoms with Gasteiger partial charge >= 0.3 is 6.09 Å². The fourth-order valence-electron chi connectivity index (χ4n) is 4.66. The van der Waals surface area contributed by atoms with Gasteiger partial charge in [-0.1, -0.05) is 74.3 Å². The lowest BCUT2D eigenvalue weighted by atomic mass is 9.98. The number of hydrogen-bond donors (Lipinski definition) is 2. The summed E-state index contributed by atoms with van der Waals surface area (Å²) in [4.78, 5) is 42.8. The van der Waals surface area contributed by atoms with Gasteiger partial charge in [0.25, 0.3) is 5.91 Å². The second-order valence-electron chi connectivity index (χ2n) is 12.1. The molecule has 2 aromatic carbocycles. The zero-order valence-electron chi connectivity index (χ0n) is 24.3. The molecule has 0 spiro atoms. The second-order valence-corrected chi connectivity index (χ2v) is 12.5. The fraction of sp³-hybridized carbons (Fsp3) is 0.516. The van der Waals surface area contributed by atoms with E-state index in [-0.39, 0.29) is 29.7 Å². The van der Waals surface area contributed by atoms with Crippen LogP contribution in [0, 0.1) is 25.7 Å². The quantitative estimate of drug-likeness (QED) is 0.355. The maximum absolute atomic E-state index is 14.3. The molecule has 39 heavy (non-hydrogen) atoms. The Bertz CT molecular complexity index is 1170. The SMILES string of the molecule is Cc1ccc(C(C(=O)Nc2c(C)cccc2Cl)N(C(=O)C(CC(C)C)NC(=O)OC(C)(C)C)C2CC2C)cc1. The molecule has 8 heteroatoms. The van der Waals surface area contributed by atoms with E-state index in [1.807, 2.05) is 64.1 Å². The third-order valence-electron chi connectivity index (χ3n) is 6.76. The Labute approximate surface area is 237 Å². The molecule has 1 fully saturated rings. The van der Waals surface area contributed by atoms with Crippen molar-refractivity contribution in [1.82, 2.24) is 10.2 Å². The number of ether oxygens (including phenoxy) is 1. The zero-order valence-corrected chi connectivity index (χ0v) is 25.1. The molecule has 0 bridgehead atoms. The minimum Gasteiger partial charge on any atom is -0.444 e. The predicted molar refractivity (Wildman–Crippen MR) is 156 cm³/mol. The molecule has 4 unspecified atom stereocenters. The molecule has 0 saturated heterocycles. The van der Waals surface area contributed by atoms with Gasteiger partial charge in [0.15, 0.2) is 0 Å². The smallest absolute Gasteiger partial charge is 0.408 e. The van der Waals surface area contributed by atoms with Crippen molar-refractivity contribution in [1.29, 1.82) is 0 Å². The highest BCUT2D eigenvalue weighted by atomic mass is 35.5. The maximum atomic E-state index is 14.3. The molecule has 0 aliphatic heterocycles. The number of carbonyl (C=O) groups is 3. The summed E-state index contributed by atoms with van der Waals surface area (Å²) in [6, 6.07) is 11.1. The highest BCUT2D eigenvalue weighted by Gasteiger charge is 2.48. The van der Waals surface area contributed by atoms with Crippen molar-refractivity contribution in [2.75, 3.05) is 5.32 Å². The molecule has 1 aliphatic carbocycles. The number of anilines is 1. The zero-order chi connectivity index (χ0) is 29.1. The number of amides is 3. The number of benzene rings is 2. The standard InChI is InChI=1S/C31H42ClN3O4/c1-18(2)16-24(33-30(38)39-31(6,7)8)29(37)35(25-17-21(25)5)27(22-14-12-19(3)13-15-22)28(36)34-26-20(4)10-9-11-23(26)32/h9-15,18,21,24-25,27H,16-17H2,1-8H3,(H,33,38)(H,34,36). The molecule has 1 saturated carbocycles. The summed E-state index contributed by atoms with van der Waals surface area (Å²) in [5, 5.41) is 6.22. The van der Waals surface area contributed by atoms with Gasteiger partial charge in [-0.3, -0.25) is 9.59 Å². The van der Waals surface area contributed by atoms with E-state index in [0.717, 1.165) is 17.5 Å². The lowest BCUT2D eigenvalue weighted by molar-refractivity contribution is -0.142. The van der Waals surface area contributed by atoms with Gasteiger partial charge in [-0.15, -0.1) is 0 Å². The number of nitrogens with zero attached hydrogens (tertiary/aromatic N) is 1. The molecular formula is C31H42ClN3O4. The van der Waals surface area contributed by atoms with Crippen molar-refractivity contribution >= 4 is 35.2 Å². The van der Waals surface area contributed by atoms with Gasteiger partial charge in [-0.2, -0.15) is 0 Å². The summed E-state index contributed by atoms with van der Waals surface area (Å²) in [5.41, 5.74) is 2.36. The largest absolute Gasteiger partial charge is 0.444 e. The summed E-state index contributed by atoms with van der Waals surface area (Å²) in [5.74, 6) is -0.327. The molecule has 3 amide bonds. The van der Waals surface area contributed by atoms with Crippen LogP contribution in [0.4, 0.5) is 10.5 Å². The molecule has 3 rings (SSSR count). The van der Waals surface area contributed by atoms with Crippen molar-refractivity contribution in [3.63, 3.8) is 0 Å². The van der Waals surface area contributed by atoms with Gasteiger partial charge in [0.2, 0.25) is 5.91 Å². The van der Waals surface area contributed by atoms with Crippen molar-refractivity contribution in [2.24, 2.45) is 11.8 Å². The third kappa shape index (κ3) is 8.21. The minimum absolute atomic E-state index is 0.116. The first-order chi connectivity index (χ1) is 18.2. The molecule has 4 atom stereocenters. The molecule has 1 aliphatic rings. The molecule has 2 N–H and O–H groups in total. The first kappa shape index (κ1) is 30.5. The Hall–Kier alpha value is -3.06. The van der Waals surface area contributed by atoms with Gasteiger partial charge < -0.3 is 20.3 Å². The first-order valence-electron chi connectivity index (χ1n) is 13.6. The third-order valence-corrected chi connectivity index (χ3v) is 7.08. The highest BCUT2D eigenvalue weighted by molar-refractivity contribution is 6.34. The Kier molecular flexibility index (Phi) is 9.70. The number of halogens is 1. The van der Waals surface area contributed by atoms with Crippen LogP contribution < -0.4 is 10.6 Å². The van der Waals surface area contributed by atoms with Crippen LogP contribution in [0.25, 0.3) is 0 Å². The number of carbonyl (C=O) groups excluding carboxylic acids is 3. The molecular weight excluding hydrogens is 514 g/mol. The van der Waals surface area contributed by atoms with Crippen LogP contribution in [0.2, 0.25) is 5.02 Å². The van der Waals surface area contributed by atoms with Gasteiger partial charge in [-0.25, -0.2) is 4.79 Å². The molecule has 212 valence electrons. The summed E-state index contributed by atoms with van der Waals surface area (Å²) >= 11 is 6.45. The molecule has 0 aromatic heterocycles. The lowest BCUT2D eigenvalue weighted by Gasteiger charge is -2.35. The van der Waals surface area contributed by atoms with Gasteiger partial charge in [-0.05, 0) is 76.5 Å². The van der Waals surface area contributed by atoms with E-state index < -0.39 is 23.8 Å². The number of nitrogens with one attached hydrogen (secondary N) is 2. The van der Waals surface area contributed by atoms with Crippen molar-refractivity contribution in [3.05, 3.63) is 64.2 Å². The number of alkyl carbamates (subject to hydrolysis) is 1. The molecule has 0 heterocycles. The van der Waals surface area contributed by atoms with E-state index in [1.54, 1.807) is 31.7 Å². The average molecular weight is 556 g/mol. The lowest BCUT2D eigenvalue weighted by Crippen LogP contribution is -2.53. The average Bonchev–Trinajstić information content (AvgIpc) is 3.54. The molecule has 2 aromatic rings. The monoisotopic (exact) mass is 555 g/mol. The Morgan fingerprint density at radius 1 is 1.08 bits per heavy atom. The summed E-state index contributed by atoms with van der Waals surface area (Å²) < 4.78 is 5.47. The van der Waals surface area contributed by atoms with Gasteiger partial charge in [0.1, 0.15) is 17.7 Å². The minimum atomic E-state index is -0.918. The van der Waals surface area contributed by atoms with E-state index in [1.165, 1.54) is 0 Å². The van der Waals surface area contributed by atoms with E-state index in [4.69, 9.17) is 16.3 Å². The van der Waals surface area contributed by atoms with Gasteiger partial charge in [0, 0.05) is 6.04 Å². The second kappa shape index (κ2) is 12.4. The number of hydrogen-bond acceptors (Lipinski definition) is 4. The van der Waals surface area contributed by atoms with Crippen LogP contribution in [0.5, 0.6) is 0 Å². The van der Waals surface area contributed by atoms with E-state index in [0.29, 0.717) is 22.7 Å². The molecule has 7 nitrogen and oxygen atoms in total.